The van der Waals surface area contributed by atoms with Crippen LogP contribution in [0.15, 0.2) is 16.4 Å². The maximum Gasteiger partial charge on any atom is 0.0831 e. The smallest absolute Gasteiger partial charge is 0.0831 e. The number of halogens is 1. The van der Waals surface area contributed by atoms with Crippen LogP contribution in [0.4, 0.5) is 0 Å². The van der Waals surface area contributed by atoms with E-state index in [2.05, 4.69) is 33.9 Å². The van der Waals surface area contributed by atoms with Crippen molar-refractivity contribution in [3.63, 3.8) is 0 Å². The molecule has 0 aliphatic heterocycles. The largest absolute Gasteiger partial charge is 0.303 e. The highest BCUT2D eigenvalue weighted by atomic mass is 127. The third-order valence-corrected chi connectivity index (χ3v) is 3.16. The molecule has 1 N–H and O–H groups in total. The van der Waals surface area contributed by atoms with Gasteiger partial charge in [-0.3, -0.25) is 0 Å². The first-order chi connectivity index (χ1) is 5.54. The van der Waals surface area contributed by atoms with Gasteiger partial charge in [-0.05, 0) is 48.4 Å². The highest BCUT2D eigenvalue weighted by Gasteiger charge is 2.09. The monoisotopic (exact) mass is 297 g/mol. The van der Waals surface area contributed by atoms with E-state index in [-0.39, 0.29) is 0 Å². The van der Waals surface area contributed by atoms with Crippen LogP contribution in [0, 0.1) is 5.41 Å². The Kier molecular flexibility index (Phi) is 5.66. The summed E-state index contributed by atoms with van der Waals surface area (Å²) in [6.45, 7) is 9.18. The summed E-state index contributed by atoms with van der Waals surface area (Å²) < 4.78 is 1.75. The Hall–Kier alpha value is 0.0400. The van der Waals surface area contributed by atoms with E-state index in [0.717, 1.165) is 11.3 Å². The summed E-state index contributed by atoms with van der Waals surface area (Å²) in [6, 6.07) is 0. The molecule has 0 aromatic carbocycles. The first-order valence-corrected chi connectivity index (χ1v) is 7.46. The Morgan fingerprint density at radius 2 is 2.00 bits per heavy atom. The number of nitrogens with one attached hydrogen (secondary N) is 1. The second-order valence-corrected chi connectivity index (χ2v) is 4.55. The predicted octanol–water partition coefficient (Wildman–Crippen LogP) is 3.18. The normalized spacial score (nSPS) is 10.0. The fourth-order valence-electron chi connectivity index (χ4n) is 0.885. The molecule has 5 heteroatoms. The minimum absolute atomic E-state index is 0.490. The van der Waals surface area contributed by atoms with Gasteiger partial charge in [0.1, 0.15) is 0 Å². The number of hydrogen-bond acceptors (Lipinski definition) is 3. The van der Waals surface area contributed by atoms with Gasteiger partial charge in [-0.1, -0.05) is 0 Å². The lowest BCUT2D eigenvalue weighted by Gasteiger charge is -2.19. The van der Waals surface area contributed by atoms with Crippen molar-refractivity contribution in [2.75, 3.05) is 0 Å². The van der Waals surface area contributed by atoms with Gasteiger partial charge >= 0.3 is 0 Å². The van der Waals surface area contributed by atoms with Gasteiger partial charge in [0, 0.05) is 6.72 Å². The highest BCUT2D eigenvalue weighted by molar-refractivity contribution is 14.2. The van der Waals surface area contributed by atoms with Gasteiger partial charge in [0.25, 0.3) is 0 Å². The maximum atomic E-state index is 7.53. The zero-order valence-corrected chi connectivity index (χ0v) is 10.6. The van der Waals surface area contributed by atoms with E-state index in [0.29, 0.717) is 12.1 Å². The number of allylic oxidation sites excluding steroid dienone is 2. The average Bonchev–Trinajstić information content (AvgIpc) is 1.98. The summed E-state index contributed by atoms with van der Waals surface area (Å²) in [5.41, 5.74) is 2.50. The summed E-state index contributed by atoms with van der Waals surface area (Å²) >= 11 is 2.22. The van der Waals surface area contributed by atoms with Gasteiger partial charge in [-0.15, -0.1) is 0 Å². The minimum Gasteiger partial charge on any atom is -0.303 e. The lowest BCUT2D eigenvalue weighted by atomic mass is 10.2. The SMILES string of the molecule is C=NN(PI)C(C(C)=N)=C(C)C. The van der Waals surface area contributed by atoms with E-state index in [1.165, 1.54) is 0 Å². The molecule has 0 aliphatic rings. The van der Waals surface area contributed by atoms with E-state index in [1.807, 2.05) is 13.8 Å². The zero-order valence-electron chi connectivity index (χ0n) is 7.48. The van der Waals surface area contributed by atoms with Crippen LogP contribution in [0.1, 0.15) is 20.8 Å². The number of rotatable bonds is 4. The van der Waals surface area contributed by atoms with Crippen LogP contribution in [-0.4, -0.2) is 17.2 Å². The van der Waals surface area contributed by atoms with Crippen molar-refractivity contribution in [1.29, 1.82) is 5.41 Å². The Morgan fingerprint density at radius 3 is 2.08 bits per heavy atom. The van der Waals surface area contributed by atoms with Gasteiger partial charge in [0.2, 0.25) is 0 Å². The van der Waals surface area contributed by atoms with Crippen molar-refractivity contribution >= 4 is 40.8 Å². The van der Waals surface area contributed by atoms with Crippen LogP contribution in [0.25, 0.3) is 0 Å². The topological polar surface area (TPSA) is 39.5 Å². The van der Waals surface area contributed by atoms with E-state index < -0.39 is 0 Å². The van der Waals surface area contributed by atoms with Gasteiger partial charge < -0.3 is 5.41 Å². The van der Waals surface area contributed by atoms with Crippen LogP contribution in [0.3, 0.4) is 0 Å². The second-order valence-electron chi connectivity index (χ2n) is 2.51. The quantitative estimate of drug-likeness (QED) is 0.368. The van der Waals surface area contributed by atoms with Crippen molar-refractivity contribution in [1.82, 2.24) is 4.78 Å². The molecule has 0 saturated carbocycles. The van der Waals surface area contributed by atoms with E-state index in [1.54, 1.807) is 11.7 Å². The first-order valence-electron chi connectivity index (χ1n) is 3.40. The molecule has 12 heavy (non-hydrogen) atoms. The van der Waals surface area contributed by atoms with Crippen LogP contribution in [0.2, 0.25) is 0 Å². The summed E-state index contributed by atoms with van der Waals surface area (Å²) in [5, 5.41) is 11.4. The van der Waals surface area contributed by atoms with Crippen LogP contribution < -0.4 is 0 Å². The highest BCUT2D eigenvalue weighted by Crippen LogP contribution is 2.32. The van der Waals surface area contributed by atoms with Gasteiger partial charge in [-0.25, -0.2) is 4.78 Å². The zero-order chi connectivity index (χ0) is 9.72. The Balaban J connectivity index is 4.86. The Labute approximate surface area is 88.1 Å². The summed E-state index contributed by atoms with van der Waals surface area (Å²) in [6.07, 6.45) is 0.490. The molecule has 0 saturated heterocycles. The van der Waals surface area contributed by atoms with E-state index in [4.69, 9.17) is 5.41 Å². The van der Waals surface area contributed by atoms with Gasteiger partial charge in [-0.2, -0.15) is 5.10 Å². The lowest BCUT2D eigenvalue weighted by Crippen LogP contribution is -2.12. The molecule has 0 aliphatic carbocycles. The molecule has 0 amide bonds. The summed E-state index contributed by atoms with van der Waals surface area (Å²) in [5.74, 6) is 0. The third-order valence-electron chi connectivity index (χ3n) is 1.26. The lowest BCUT2D eigenvalue weighted by molar-refractivity contribution is 0.644. The fraction of sp³-hybridized carbons (Fsp3) is 0.429. The number of hydrazone groups is 1. The Morgan fingerprint density at radius 1 is 1.50 bits per heavy atom. The van der Waals surface area contributed by atoms with Crippen molar-refractivity contribution in [2.24, 2.45) is 5.10 Å². The molecule has 0 radical (unpaired) electrons. The molecule has 1 unspecified atom stereocenters. The molecule has 1 atom stereocenters. The maximum absolute atomic E-state index is 7.53. The molecular formula is C7H13IN3P. The standard InChI is InChI=1S/C7H13IN3P/c1-5(2)7(6(3)9)11(10-4)12-8/h9,12H,4H2,1-3H3. The number of nitrogens with zero attached hydrogens (tertiary/aromatic N) is 2. The van der Waals surface area contributed by atoms with Crippen molar-refractivity contribution < 1.29 is 0 Å². The molecule has 3 nitrogen and oxygen atoms in total. The predicted molar refractivity (Wildman–Crippen MR) is 65.5 cm³/mol. The third kappa shape index (κ3) is 3.19. The van der Waals surface area contributed by atoms with Crippen molar-refractivity contribution in [3.8, 4) is 0 Å². The first kappa shape index (κ1) is 12.0. The molecule has 0 fully saturated rings. The van der Waals surface area contributed by atoms with Gasteiger partial charge in [0.05, 0.1) is 17.8 Å². The molecular weight excluding hydrogens is 284 g/mol. The van der Waals surface area contributed by atoms with Crippen LogP contribution in [0.5, 0.6) is 0 Å². The average molecular weight is 297 g/mol. The minimum atomic E-state index is 0.490. The second kappa shape index (κ2) is 5.65. The van der Waals surface area contributed by atoms with E-state index >= 15 is 0 Å². The summed E-state index contributed by atoms with van der Waals surface area (Å²) in [4.78, 5) is 0. The van der Waals surface area contributed by atoms with Crippen LogP contribution >= 0.6 is 28.4 Å². The molecule has 0 rings (SSSR count). The Bertz CT molecular complexity index is 221. The van der Waals surface area contributed by atoms with Crippen molar-refractivity contribution in [2.45, 2.75) is 20.8 Å². The van der Waals surface area contributed by atoms with Gasteiger partial charge in [0.15, 0.2) is 0 Å². The fourth-order valence-corrected chi connectivity index (χ4v) is 2.60. The molecule has 68 valence electrons. The van der Waals surface area contributed by atoms with Crippen molar-refractivity contribution in [3.05, 3.63) is 11.3 Å². The molecule has 0 bridgehead atoms. The molecule has 0 heterocycles. The molecule has 0 aromatic heterocycles. The molecule has 0 aromatic rings. The molecule has 0 spiro atoms. The van der Waals surface area contributed by atoms with Crippen LogP contribution in [-0.2, 0) is 0 Å². The number of hydrogen-bond donors (Lipinski definition) is 1. The van der Waals surface area contributed by atoms with E-state index in [9.17, 15) is 0 Å². The summed E-state index contributed by atoms with van der Waals surface area (Å²) in [7, 11) is 0.